The van der Waals surface area contributed by atoms with Crippen molar-refractivity contribution in [1.82, 2.24) is 0 Å². The average Bonchev–Trinajstić information content (AvgIpc) is 2.99. The molecule has 0 aromatic rings. The number of carbonyl (C=O) groups is 1. The molecule has 0 aromatic heterocycles. The lowest BCUT2D eigenvalue weighted by molar-refractivity contribution is -0.0979. The molecule has 1 aliphatic heterocycles. The van der Waals surface area contributed by atoms with E-state index in [0.717, 1.165) is 12.9 Å². The Bertz CT molecular complexity index is 220. The van der Waals surface area contributed by atoms with Gasteiger partial charge >= 0.3 is 0 Å². The van der Waals surface area contributed by atoms with Crippen molar-refractivity contribution in [2.75, 3.05) is 6.61 Å². The number of epoxide rings is 1. The standard InChI is InChI=1S/C9H16O.C3H6O.CH2O/c1-8(6-5-7-10)9(2,3)4;1-3-2-4-3;1-2/h5-7,10H,1-4H3;3H,2H2,1H3;1H2/b7-5+,8-6?;;. The van der Waals surface area contributed by atoms with Crippen LogP contribution in [0.3, 0.4) is 0 Å². The van der Waals surface area contributed by atoms with Gasteiger partial charge in [-0.3, -0.25) is 0 Å². The van der Waals surface area contributed by atoms with Crippen LogP contribution in [0.2, 0.25) is 0 Å². The summed E-state index contributed by atoms with van der Waals surface area (Å²) < 4.78 is 4.71. The molecule has 1 rings (SSSR count). The van der Waals surface area contributed by atoms with Gasteiger partial charge in [0.1, 0.15) is 6.79 Å². The fourth-order valence-electron chi connectivity index (χ4n) is 0.534. The minimum atomic E-state index is 0.208. The van der Waals surface area contributed by atoms with Crippen LogP contribution in [0.5, 0.6) is 0 Å². The highest BCUT2D eigenvalue weighted by atomic mass is 16.6. The summed E-state index contributed by atoms with van der Waals surface area (Å²) in [6.07, 6.45) is 5.19. The van der Waals surface area contributed by atoms with E-state index >= 15 is 0 Å². The molecule has 3 heteroatoms. The number of allylic oxidation sites excluding steroid dienone is 3. The number of aliphatic hydroxyl groups excluding tert-OH is 1. The molecule has 3 nitrogen and oxygen atoms in total. The molecule has 1 fully saturated rings. The zero-order valence-electron chi connectivity index (χ0n) is 11.0. The third kappa shape index (κ3) is 12.9. The van der Waals surface area contributed by atoms with E-state index in [0.29, 0.717) is 6.10 Å². The van der Waals surface area contributed by atoms with Crippen LogP contribution in [-0.4, -0.2) is 24.6 Å². The third-order valence-corrected chi connectivity index (χ3v) is 2.12. The number of aliphatic hydroxyl groups is 1. The largest absolute Gasteiger partial charge is 0.516 e. The highest BCUT2D eigenvalue weighted by Crippen LogP contribution is 2.23. The normalized spacial score (nSPS) is 19.3. The molecule has 1 unspecified atom stereocenters. The van der Waals surface area contributed by atoms with Crippen molar-refractivity contribution in [2.45, 2.75) is 40.7 Å². The molecule has 0 saturated carbocycles. The van der Waals surface area contributed by atoms with Crippen LogP contribution in [0.25, 0.3) is 0 Å². The van der Waals surface area contributed by atoms with Gasteiger partial charge in [0.2, 0.25) is 0 Å². The molecule has 0 spiro atoms. The van der Waals surface area contributed by atoms with Gasteiger partial charge < -0.3 is 14.6 Å². The van der Waals surface area contributed by atoms with Crippen molar-refractivity contribution < 1.29 is 14.6 Å². The molecular formula is C13H24O3. The van der Waals surface area contributed by atoms with Gasteiger partial charge in [-0.05, 0) is 25.3 Å². The Morgan fingerprint density at radius 2 is 1.81 bits per heavy atom. The van der Waals surface area contributed by atoms with Gasteiger partial charge in [0.25, 0.3) is 0 Å². The molecular weight excluding hydrogens is 204 g/mol. The Kier molecular flexibility index (Phi) is 9.91. The van der Waals surface area contributed by atoms with Crippen molar-refractivity contribution in [2.24, 2.45) is 5.41 Å². The second-order valence-electron chi connectivity index (χ2n) is 4.59. The van der Waals surface area contributed by atoms with Gasteiger partial charge in [-0.25, -0.2) is 0 Å². The molecule has 0 aromatic carbocycles. The fourth-order valence-corrected chi connectivity index (χ4v) is 0.534. The molecule has 0 bridgehead atoms. The summed E-state index contributed by atoms with van der Waals surface area (Å²) in [5.74, 6) is 0. The van der Waals surface area contributed by atoms with Crippen LogP contribution in [0.1, 0.15) is 34.6 Å². The van der Waals surface area contributed by atoms with Crippen molar-refractivity contribution in [3.05, 3.63) is 24.0 Å². The summed E-state index contributed by atoms with van der Waals surface area (Å²) in [4.78, 5) is 8.00. The van der Waals surface area contributed by atoms with Crippen molar-refractivity contribution in [1.29, 1.82) is 0 Å². The lowest BCUT2D eigenvalue weighted by Crippen LogP contribution is -2.05. The molecule has 1 atom stereocenters. The van der Waals surface area contributed by atoms with Crippen molar-refractivity contribution >= 4 is 6.79 Å². The SMILES string of the molecule is C=O.CC(=C/C=C/O)C(C)(C)C.CC1CO1. The lowest BCUT2D eigenvalue weighted by atomic mass is 9.87. The molecule has 0 radical (unpaired) electrons. The summed E-state index contributed by atoms with van der Waals surface area (Å²) in [6.45, 7) is 13.5. The van der Waals surface area contributed by atoms with Crippen LogP contribution < -0.4 is 0 Å². The Balaban J connectivity index is 0. The summed E-state index contributed by atoms with van der Waals surface area (Å²) in [5, 5.41) is 8.36. The predicted molar refractivity (Wildman–Crippen MR) is 67.5 cm³/mol. The summed E-state index contributed by atoms with van der Waals surface area (Å²) in [7, 11) is 0. The second kappa shape index (κ2) is 9.16. The van der Waals surface area contributed by atoms with Gasteiger partial charge in [0, 0.05) is 0 Å². The average molecular weight is 228 g/mol. The van der Waals surface area contributed by atoms with Gasteiger partial charge in [-0.2, -0.15) is 0 Å². The summed E-state index contributed by atoms with van der Waals surface area (Å²) >= 11 is 0. The summed E-state index contributed by atoms with van der Waals surface area (Å²) in [5.41, 5.74) is 1.47. The second-order valence-corrected chi connectivity index (χ2v) is 4.59. The van der Waals surface area contributed by atoms with Gasteiger partial charge in [0.05, 0.1) is 19.0 Å². The van der Waals surface area contributed by atoms with Crippen LogP contribution in [0.4, 0.5) is 0 Å². The molecule has 1 N–H and O–H groups in total. The maximum Gasteiger partial charge on any atom is 0.106 e. The Morgan fingerprint density at radius 3 is 2.00 bits per heavy atom. The van der Waals surface area contributed by atoms with E-state index in [-0.39, 0.29) is 5.41 Å². The first-order chi connectivity index (χ1) is 7.38. The van der Waals surface area contributed by atoms with Crippen LogP contribution in [0.15, 0.2) is 24.0 Å². The Morgan fingerprint density at radius 1 is 1.44 bits per heavy atom. The number of hydrogen-bond donors (Lipinski definition) is 1. The van der Waals surface area contributed by atoms with Crippen molar-refractivity contribution in [3.63, 3.8) is 0 Å². The maximum absolute atomic E-state index is 8.36. The Labute approximate surface area is 98.8 Å². The quantitative estimate of drug-likeness (QED) is 0.425. The number of hydrogen-bond acceptors (Lipinski definition) is 3. The van der Waals surface area contributed by atoms with E-state index in [1.165, 1.54) is 5.57 Å². The number of carbonyl (C=O) groups excluding carboxylic acids is 1. The summed E-state index contributed by atoms with van der Waals surface area (Å²) in [6, 6.07) is 0. The van der Waals surface area contributed by atoms with E-state index in [1.807, 2.05) is 12.9 Å². The highest BCUT2D eigenvalue weighted by Gasteiger charge is 2.13. The first-order valence-corrected chi connectivity index (χ1v) is 5.26. The first-order valence-electron chi connectivity index (χ1n) is 5.26. The zero-order chi connectivity index (χ0) is 13.2. The minimum absolute atomic E-state index is 0.208. The maximum atomic E-state index is 8.36. The van der Waals surface area contributed by atoms with Gasteiger partial charge in [-0.15, -0.1) is 0 Å². The number of ether oxygens (including phenoxy) is 1. The molecule has 0 aliphatic carbocycles. The smallest absolute Gasteiger partial charge is 0.106 e. The van der Waals surface area contributed by atoms with Crippen LogP contribution in [-0.2, 0) is 9.53 Å². The highest BCUT2D eigenvalue weighted by molar-refractivity contribution is 5.14. The van der Waals surface area contributed by atoms with Crippen LogP contribution in [0, 0.1) is 5.41 Å². The van der Waals surface area contributed by atoms with E-state index in [9.17, 15) is 0 Å². The van der Waals surface area contributed by atoms with Gasteiger partial charge in [-0.1, -0.05) is 32.4 Å². The minimum Gasteiger partial charge on any atom is -0.516 e. The van der Waals surface area contributed by atoms with Crippen LogP contribution >= 0.6 is 0 Å². The van der Waals surface area contributed by atoms with E-state index in [1.54, 1.807) is 6.08 Å². The van der Waals surface area contributed by atoms with E-state index < -0.39 is 0 Å². The molecule has 1 saturated heterocycles. The topological polar surface area (TPSA) is 49.8 Å². The monoisotopic (exact) mass is 228 g/mol. The molecule has 94 valence electrons. The van der Waals surface area contributed by atoms with Crippen molar-refractivity contribution in [3.8, 4) is 0 Å². The van der Waals surface area contributed by atoms with Gasteiger partial charge in [0.15, 0.2) is 0 Å². The van der Waals surface area contributed by atoms with E-state index in [2.05, 4.69) is 34.6 Å². The van der Waals surface area contributed by atoms with E-state index in [4.69, 9.17) is 14.6 Å². The predicted octanol–water partition coefficient (Wildman–Crippen LogP) is 3.27. The third-order valence-electron chi connectivity index (χ3n) is 2.12. The molecule has 1 aliphatic rings. The fraction of sp³-hybridized carbons (Fsp3) is 0.615. The molecule has 1 heterocycles. The lowest BCUT2D eigenvalue weighted by Gasteiger charge is -2.18. The zero-order valence-corrected chi connectivity index (χ0v) is 11.0. The Hall–Kier alpha value is -1.09. The number of rotatable bonds is 1. The first kappa shape index (κ1) is 17.3. The molecule has 16 heavy (non-hydrogen) atoms. The molecule has 0 amide bonds.